The Bertz CT molecular complexity index is 969. The van der Waals surface area contributed by atoms with Gasteiger partial charge in [-0.05, 0) is 28.5 Å². The number of sulfonamides is 1. The van der Waals surface area contributed by atoms with E-state index in [4.69, 9.17) is 4.84 Å². The Kier molecular flexibility index (Phi) is 4.03. The number of nitrogens with zero attached hydrogens (tertiary/aromatic N) is 6. The van der Waals surface area contributed by atoms with Crippen molar-refractivity contribution in [3.63, 3.8) is 0 Å². The van der Waals surface area contributed by atoms with E-state index in [0.717, 1.165) is 0 Å². The van der Waals surface area contributed by atoms with Crippen LogP contribution in [-0.2, 0) is 10.0 Å². The Morgan fingerprint density at radius 2 is 1.76 bits per heavy atom. The van der Waals surface area contributed by atoms with Crippen LogP contribution in [0.5, 0.6) is 6.01 Å². The molecule has 3 aromatic rings. The van der Waals surface area contributed by atoms with Crippen LogP contribution < -0.4 is 4.84 Å². The van der Waals surface area contributed by atoms with Crippen molar-refractivity contribution in [2.75, 3.05) is 26.2 Å². The number of hydrogen-bond donors (Lipinski definition) is 0. The topological polar surface area (TPSA) is 115 Å². The van der Waals surface area contributed by atoms with E-state index in [2.05, 4.69) is 24.9 Å². The lowest BCUT2D eigenvalue weighted by Gasteiger charge is -2.32. The largest absolute Gasteiger partial charge is 0.365 e. The van der Waals surface area contributed by atoms with Gasteiger partial charge < -0.3 is 4.84 Å². The van der Waals surface area contributed by atoms with Crippen LogP contribution in [-0.4, -0.2) is 64.2 Å². The Balaban J connectivity index is 1.49. The van der Waals surface area contributed by atoms with E-state index in [9.17, 15) is 8.42 Å². The normalized spacial score (nSPS) is 17.0. The summed E-state index contributed by atoms with van der Waals surface area (Å²) >= 11 is 0. The molecule has 11 heteroatoms. The minimum absolute atomic E-state index is 0.0898. The number of aromatic nitrogens is 4. The van der Waals surface area contributed by atoms with Gasteiger partial charge in [0.2, 0.25) is 10.0 Å². The van der Waals surface area contributed by atoms with Crippen LogP contribution >= 0.6 is 0 Å². The van der Waals surface area contributed by atoms with Gasteiger partial charge in [-0.15, -0.1) is 5.06 Å². The molecule has 130 valence electrons. The monoisotopic (exact) mass is 362 g/mol. The van der Waals surface area contributed by atoms with E-state index in [0.29, 0.717) is 18.6 Å². The Labute approximate surface area is 143 Å². The molecule has 1 aromatic carbocycles. The quantitative estimate of drug-likeness (QED) is 0.647. The summed E-state index contributed by atoms with van der Waals surface area (Å²) in [5.41, 5.74) is 0.642. The lowest BCUT2D eigenvalue weighted by molar-refractivity contribution is -0.0851. The van der Waals surface area contributed by atoms with Gasteiger partial charge >= 0.3 is 6.01 Å². The first kappa shape index (κ1) is 15.9. The van der Waals surface area contributed by atoms with E-state index in [1.165, 1.54) is 10.4 Å². The molecule has 1 aliphatic heterocycles. The van der Waals surface area contributed by atoms with Crippen molar-refractivity contribution < 1.29 is 17.9 Å². The molecule has 0 bridgehead atoms. The second kappa shape index (κ2) is 6.35. The van der Waals surface area contributed by atoms with Crippen LogP contribution in [0.25, 0.3) is 11.0 Å². The molecule has 0 aliphatic carbocycles. The molecule has 3 heterocycles. The van der Waals surface area contributed by atoms with Crippen molar-refractivity contribution in [3.05, 3.63) is 36.7 Å². The van der Waals surface area contributed by atoms with Crippen molar-refractivity contribution in [3.8, 4) is 6.01 Å². The highest BCUT2D eigenvalue weighted by Crippen LogP contribution is 2.24. The Morgan fingerprint density at radius 3 is 2.52 bits per heavy atom. The summed E-state index contributed by atoms with van der Waals surface area (Å²) in [5.74, 6) is 0. The van der Waals surface area contributed by atoms with Gasteiger partial charge in [-0.3, -0.25) is 0 Å². The fourth-order valence-corrected chi connectivity index (χ4v) is 4.14. The van der Waals surface area contributed by atoms with Crippen LogP contribution in [0.15, 0.2) is 46.2 Å². The van der Waals surface area contributed by atoms with E-state index >= 15 is 0 Å². The molecular weight excluding hydrogens is 348 g/mol. The van der Waals surface area contributed by atoms with Crippen molar-refractivity contribution in [1.82, 2.24) is 29.6 Å². The summed E-state index contributed by atoms with van der Waals surface area (Å²) in [6, 6.07) is 6.69. The maximum Gasteiger partial charge on any atom is 0.335 e. The van der Waals surface area contributed by atoms with Crippen LogP contribution in [0.4, 0.5) is 0 Å². The highest BCUT2D eigenvalue weighted by Gasteiger charge is 2.31. The maximum absolute atomic E-state index is 12.9. The molecule has 0 unspecified atom stereocenters. The number of fused-ring (bicyclic) bond motifs is 1. The van der Waals surface area contributed by atoms with Gasteiger partial charge in [-0.25, -0.2) is 23.0 Å². The smallest absolute Gasteiger partial charge is 0.335 e. The minimum Gasteiger partial charge on any atom is -0.365 e. The molecule has 2 aromatic heterocycles. The van der Waals surface area contributed by atoms with E-state index < -0.39 is 10.0 Å². The molecule has 0 N–H and O–H groups in total. The molecule has 25 heavy (non-hydrogen) atoms. The fraction of sp³-hybridized carbons (Fsp3) is 0.286. The average molecular weight is 362 g/mol. The predicted octanol–water partition coefficient (Wildman–Crippen LogP) is 0.313. The van der Waals surface area contributed by atoms with Crippen molar-refractivity contribution in [2.24, 2.45) is 0 Å². The van der Waals surface area contributed by atoms with Gasteiger partial charge in [0, 0.05) is 38.6 Å². The van der Waals surface area contributed by atoms with Crippen molar-refractivity contribution in [1.29, 1.82) is 0 Å². The zero-order valence-electron chi connectivity index (χ0n) is 13.0. The van der Waals surface area contributed by atoms with E-state index in [1.807, 2.05) is 0 Å². The van der Waals surface area contributed by atoms with Crippen molar-refractivity contribution >= 4 is 21.1 Å². The molecule has 0 amide bonds. The van der Waals surface area contributed by atoms with Gasteiger partial charge in [0.05, 0.1) is 0 Å². The molecule has 0 saturated carbocycles. The summed E-state index contributed by atoms with van der Waals surface area (Å²) in [4.78, 5) is 13.6. The molecule has 0 radical (unpaired) electrons. The van der Waals surface area contributed by atoms with E-state index in [1.54, 1.807) is 35.7 Å². The molecule has 1 aliphatic rings. The zero-order valence-corrected chi connectivity index (χ0v) is 13.8. The third kappa shape index (κ3) is 3.04. The third-order valence-electron chi connectivity index (χ3n) is 3.82. The molecule has 4 rings (SSSR count). The second-order valence-corrected chi connectivity index (χ2v) is 7.25. The van der Waals surface area contributed by atoms with Gasteiger partial charge in [0.15, 0.2) is 5.52 Å². The Hall–Kier alpha value is -2.63. The first-order valence-corrected chi connectivity index (χ1v) is 9.00. The van der Waals surface area contributed by atoms with Crippen LogP contribution in [0.3, 0.4) is 0 Å². The van der Waals surface area contributed by atoms with Gasteiger partial charge in [-0.2, -0.15) is 4.31 Å². The second-order valence-electron chi connectivity index (χ2n) is 5.34. The van der Waals surface area contributed by atoms with Gasteiger partial charge in [0.1, 0.15) is 10.4 Å². The first-order chi connectivity index (χ1) is 12.1. The van der Waals surface area contributed by atoms with Crippen LogP contribution in [0, 0.1) is 0 Å². The fourth-order valence-electron chi connectivity index (χ4n) is 2.58. The molecule has 0 spiro atoms. The first-order valence-electron chi connectivity index (χ1n) is 7.56. The van der Waals surface area contributed by atoms with E-state index in [-0.39, 0.29) is 29.5 Å². The number of piperazine rings is 1. The lowest BCUT2D eigenvalue weighted by Crippen LogP contribution is -2.49. The predicted molar refractivity (Wildman–Crippen MR) is 84.8 cm³/mol. The van der Waals surface area contributed by atoms with Crippen LogP contribution in [0.2, 0.25) is 0 Å². The highest BCUT2D eigenvalue weighted by molar-refractivity contribution is 7.89. The van der Waals surface area contributed by atoms with Gasteiger partial charge in [0.25, 0.3) is 0 Å². The standard InChI is InChI=1S/C14H14N6O4S/c21-25(22,12-4-1-3-11-13(12)18-24-17-11)20-9-7-19(8-10-20)23-14-15-5-2-6-16-14/h1-6H,7-10H2. The molecular formula is C14H14N6O4S. The van der Waals surface area contributed by atoms with Crippen molar-refractivity contribution in [2.45, 2.75) is 4.90 Å². The zero-order chi connectivity index (χ0) is 17.3. The SMILES string of the molecule is O=S(=O)(c1cccc2nonc12)N1CCN(Oc2ncccn2)CC1. The average Bonchev–Trinajstić information content (AvgIpc) is 3.11. The maximum atomic E-state index is 12.9. The summed E-state index contributed by atoms with van der Waals surface area (Å²) in [6.45, 7) is 1.34. The number of hydrogen-bond acceptors (Lipinski definition) is 9. The molecule has 0 atom stereocenters. The summed E-state index contributed by atoms with van der Waals surface area (Å²) in [5, 5.41) is 9.03. The number of hydroxylamine groups is 2. The summed E-state index contributed by atoms with van der Waals surface area (Å²) in [7, 11) is -3.70. The number of benzene rings is 1. The number of rotatable bonds is 4. The molecule has 10 nitrogen and oxygen atoms in total. The van der Waals surface area contributed by atoms with Crippen LogP contribution in [0.1, 0.15) is 0 Å². The lowest BCUT2D eigenvalue weighted by atomic mass is 10.3. The summed E-state index contributed by atoms with van der Waals surface area (Å²) in [6.07, 6.45) is 3.16. The Morgan fingerprint density at radius 1 is 1.00 bits per heavy atom. The minimum atomic E-state index is -3.70. The molecule has 1 fully saturated rings. The highest BCUT2D eigenvalue weighted by atomic mass is 32.2. The van der Waals surface area contributed by atoms with Gasteiger partial charge in [-0.1, -0.05) is 6.07 Å². The third-order valence-corrected chi connectivity index (χ3v) is 5.75. The molecule has 1 saturated heterocycles. The summed E-state index contributed by atoms with van der Waals surface area (Å²) < 4.78 is 31.8.